The van der Waals surface area contributed by atoms with Gasteiger partial charge in [-0.2, -0.15) is 0 Å². The number of hydrogen-bond acceptors (Lipinski definition) is 3. The minimum atomic E-state index is 0.634. The van der Waals surface area contributed by atoms with Crippen LogP contribution in [-0.4, -0.2) is 9.97 Å². The van der Waals surface area contributed by atoms with Crippen LogP contribution in [0.25, 0.3) is 11.0 Å². The minimum absolute atomic E-state index is 0.634. The van der Waals surface area contributed by atoms with Crippen molar-refractivity contribution in [3.63, 3.8) is 0 Å². The fraction of sp³-hybridized carbons (Fsp3) is 0.0667. The molecule has 0 bridgehead atoms. The zero-order valence-corrected chi connectivity index (χ0v) is 13.4. The minimum Gasteiger partial charge on any atom is -0.378 e. The van der Waals surface area contributed by atoms with Crippen LogP contribution in [0.15, 0.2) is 48.7 Å². The number of aromatic nitrogens is 2. The van der Waals surface area contributed by atoms with Crippen LogP contribution in [0.2, 0.25) is 5.02 Å². The van der Waals surface area contributed by atoms with Gasteiger partial charge in [-0.05, 0) is 52.9 Å². The number of benzene rings is 2. The van der Waals surface area contributed by atoms with Crippen LogP contribution in [0.5, 0.6) is 0 Å². The van der Waals surface area contributed by atoms with E-state index in [1.54, 1.807) is 6.20 Å². The van der Waals surface area contributed by atoms with Crippen molar-refractivity contribution in [2.45, 2.75) is 6.54 Å². The Labute approximate surface area is 135 Å². The van der Waals surface area contributed by atoms with Gasteiger partial charge in [0, 0.05) is 14.3 Å². The Morgan fingerprint density at radius 3 is 2.70 bits per heavy atom. The first-order valence-electron chi connectivity index (χ1n) is 6.12. The van der Waals surface area contributed by atoms with Gasteiger partial charge in [-0.15, -0.1) is 0 Å². The molecule has 1 N–H and O–H groups in total. The van der Waals surface area contributed by atoms with Crippen LogP contribution >= 0.6 is 34.2 Å². The van der Waals surface area contributed by atoms with Crippen molar-refractivity contribution in [1.29, 1.82) is 0 Å². The summed E-state index contributed by atoms with van der Waals surface area (Å²) in [6, 6.07) is 13.6. The molecule has 0 unspecified atom stereocenters. The van der Waals surface area contributed by atoms with Crippen molar-refractivity contribution in [2.75, 3.05) is 5.32 Å². The van der Waals surface area contributed by atoms with Gasteiger partial charge in [-0.3, -0.25) is 4.98 Å². The highest BCUT2D eigenvalue weighted by molar-refractivity contribution is 14.1. The van der Waals surface area contributed by atoms with Crippen molar-refractivity contribution in [3.05, 3.63) is 62.9 Å². The summed E-state index contributed by atoms with van der Waals surface area (Å²) >= 11 is 8.20. The maximum atomic E-state index is 5.94. The molecule has 3 nitrogen and oxygen atoms in total. The first-order valence-corrected chi connectivity index (χ1v) is 7.57. The number of rotatable bonds is 3. The average Bonchev–Trinajstić information content (AvgIpc) is 2.46. The SMILES string of the molecule is Clc1ccc(NCc2cnc3ccccc3n2)c(I)c1. The van der Waals surface area contributed by atoms with E-state index in [1.807, 2.05) is 42.5 Å². The van der Waals surface area contributed by atoms with Crippen LogP contribution in [0.4, 0.5) is 5.69 Å². The van der Waals surface area contributed by atoms with Gasteiger partial charge in [0.25, 0.3) is 0 Å². The van der Waals surface area contributed by atoms with Crippen molar-refractivity contribution >= 4 is 50.9 Å². The molecule has 0 amide bonds. The molecule has 0 saturated heterocycles. The van der Waals surface area contributed by atoms with E-state index in [9.17, 15) is 0 Å². The summed E-state index contributed by atoms with van der Waals surface area (Å²) in [4.78, 5) is 8.99. The maximum Gasteiger partial charge on any atom is 0.0890 e. The lowest BCUT2D eigenvalue weighted by Crippen LogP contribution is -2.03. The summed E-state index contributed by atoms with van der Waals surface area (Å²) in [5.74, 6) is 0. The lowest BCUT2D eigenvalue weighted by molar-refractivity contribution is 1.04. The Bertz CT molecular complexity index is 761. The molecule has 5 heteroatoms. The number of nitrogens with one attached hydrogen (secondary N) is 1. The Morgan fingerprint density at radius 2 is 1.90 bits per heavy atom. The number of halogens is 2. The summed E-state index contributed by atoms with van der Waals surface area (Å²) in [7, 11) is 0. The number of fused-ring (bicyclic) bond motifs is 1. The highest BCUT2D eigenvalue weighted by Crippen LogP contribution is 2.22. The van der Waals surface area contributed by atoms with E-state index < -0.39 is 0 Å². The fourth-order valence-electron chi connectivity index (χ4n) is 1.90. The molecule has 1 aromatic heterocycles. The van der Waals surface area contributed by atoms with E-state index in [0.717, 1.165) is 31.0 Å². The van der Waals surface area contributed by atoms with E-state index in [4.69, 9.17) is 11.6 Å². The van der Waals surface area contributed by atoms with Crippen LogP contribution in [-0.2, 0) is 6.54 Å². The molecular weight excluding hydrogens is 385 g/mol. The van der Waals surface area contributed by atoms with Gasteiger partial charge in [-0.25, -0.2) is 4.98 Å². The summed E-state index contributed by atoms with van der Waals surface area (Å²) in [6.45, 7) is 0.634. The molecule has 0 aliphatic heterocycles. The van der Waals surface area contributed by atoms with Gasteiger partial charge >= 0.3 is 0 Å². The largest absolute Gasteiger partial charge is 0.378 e. The van der Waals surface area contributed by atoms with Crippen LogP contribution < -0.4 is 5.32 Å². The van der Waals surface area contributed by atoms with Crippen molar-refractivity contribution < 1.29 is 0 Å². The number of nitrogens with zero attached hydrogens (tertiary/aromatic N) is 2. The molecule has 0 saturated carbocycles. The van der Waals surface area contributed by atoms with Crippen molar-refractivity contribution in [3.8, 4) is 0 Å². The number of para-hydroxylation sites is 2. The van der Waals surface area contributed by atoms with Crippen molar-refractivity contribution in [1.82, 2.24) is 9.97 Å². The zero-order chi connectivity index (χ0) is 13.9. The van der Waals surface area contributed by atoms with Gasteiger partial charge < -0.3 is 5.32 Å². The third-order valence-corrected chi connectivity index (χ3v) is 4.02. The van der Waals surface area contributed by atoms with E-state index in [0.29, 0.717) is 6.54 Å². The van der Waals surface area contributed by atoms with Gasteiger partial charge in [0.2, 0.25) is 0 Å². The standard InChI is InChI=1S/C15H11ClIN3/c16-10-5-6-13(12(17)7-10)18-8-11-9-19-14-3-1-2-4-15(14)20-11/h1-7,9,18H,8H2. The first-order chi connectivity index (χ1) is 9.72. The summed E-state index contributed by atoms with van der Waals surface area (Å²) in [6.07, 6.45) is 1.80. The molecule has 3 rings (SSSR count). The Hall–Kier alpha value is -1.40. The smallest absolute Gasteiger partial charge is 0.0890 e. The predicted molar refractivity (Wildman–Crippen MR) is 91.0 cm³/mol. The van der Waals surface area contributed by atoms with Crippen LogP contribution in [0.1, 0.15) is 5.69 Å². The summed E-state index contributed by atoms with van der Waals surface area (Å²) < 4.78 is 1.09. The summed E-state index contributed by atoms with van der Waals surface area (Å²) in [5.41, 5.74) is 3.79. The Balaban J connectivity index is 1.79. The van der Waals surface area contributed by atoms with E-state index in [-0.39, 0.29) is 0 Å². The molecule has 0 aliphatic carbocycles. The lowest BCUT2D eigenvalue weighted by Gasteiger charge is -2.08. The molecule has 100 valence electrons. The highest BCUT2D eigenvalue weighted by atomic mass is 127. The van der Waals surface area contributed by atoms with Crippen LogP contribution in [0.3, 0.4) is 0 Å². The lowest BCUT2D eigenvalue weighted by atomic mass is 10.3. The van der Waals surface area contributed by atoms with Gasteiger partial charge in [0.1, 0.15) is 0 Å². The predicted octanol–water partition coefficient (Wildman–Crippen LogP) is 4.50. The first kappa shape index (κ1) is 13.6. The molecule has 3 aromatic rings. The van der Waals surface area contributed by atoms with Gasteiger partial charge in [0.05, 0.1) is 29.5 Å². The number of anilines is 1. The zero-order valence-electron chi connectivity index (χ0n) is 10.5. The van der Waals surface area contributed by atoms with Gasteiger partial charge in [0.15, 0.2) is 0 Å². The molecule has 0 spiro atoms. The van der Waals surface area contributed by atoms with E-state index in [2.05, 4.69) is 37.9 Å². The Morgan fingerprint density at radius 1 is 1.10 bits per heavy atom. The van der Waals surface area contributed by atoms with E-state index in [1.165, 1.54) is 0 Å². The normalized spacial score (nSPS) is 10.7. The second kappa shape index (κ2) is 5.93. The van der Waals surface area contributed by atoms with Gasteiger partial charge in [-0.1, -0.05) is 23.7 Å². The number of hydrogen-bond donors (Lipinski definition) is 1. The second-order valence-electron chi connectivity index (χ2n) is 4.33. The third kappa shape index (κ3) is 3.02. The molecule has 0 aliphatic rings. The molecule has 0 atom stereocenters. The maximum absolute atomic E-state index is 5.94. The molecule has 0 fully saturated rings. The third-order valence-electron chi connectivity index (χ3n) is 2.89. The second-order valence-corrected chi connectivity index (χ2v) is 5.93. The topological polar surface area (TPSA) is 37.8 Å². The molecular formula is C15H11ClIN3. The quantitative estimate of drug-likeness (QED) is 0.664. The monoisotopic (exact) mass is 395 g/mol. The highest BCUT2D eigenvalue weighted by Gasteiger charge is 2.02. The van der Waals surface area contributed by atoms with E-state index >= 15 is 0 Å². The van der Waals surface area contributed by atoms with Crippen LogP contribution in [0, 0.1) is 3.57 Å². The molecule has 1 heterocycles. The summed E-state index contributed by atoms with van der Waals surface area (Å²) in [5, 5.41) is 4.09. The molecule has 20 heavy (non-hydrogen) atoms. The molecule has 0 radical (unpaired) electrons. The Kier molecular flexibility index (Phi) is 4.03. The average molecular weight is 396 g/mol. The fourth-order valence-corrected chi connectivity index (χ4v) is 2.96. The van der Waals surface area contributed by atoms with Crippen molar-refractivity contribution in [2.24, 2.45) is 0 Å². The molecule has 2 aromatic carbocycles.